The monoisotopic (exact) mass is 1650 g/mol. The minimum atomic E-state index is -6.20. The maximum Gasteiger partial charge on any atom is 0.501 e. The van der Waals surface area contributed by atoms with Gasteiger partial charge in [0.15, 0.2) is 0 Å². The van der Waals surface area contributed by atoms with Gasteiger partial charge in [0.25, 0.3) is 31.7 Å². The van der Waals surface area contributed by atoms with E-state index in [1.54, 1.807) is 53.8 Å². The number of aromatic nitrogens is 1. The van der Waals surface area contributed by atoms with Crippen molar-refractivity contribution in [3.63, 3.8) is 0 Å². The molecule has 606 valence electrons. The molecule has 11 rings (SSSR count). The molecule has 4 fully saturated rings. The van der Waals surface area contributed by atoms with Gasteiger partial charge in [-0.25, -0.2) is 35.3 Å². The third-order valence-corrected chi connectivity index (χ3v) is 27.1. The highest BCUT2D eigenvalue weighted by Gasteiger charge is 2.50. The van der Waals surface area contributed by atoms with Crippen molar-refractivity contribution >= 4 is 101 Å². The lowest BCUT2D eigenvalue weighted by Gasteiger charge is -2.44. The number of aryl methyl sites for hydroxylation is 1. The summed E-state index contributed by atoms with van der Waals surface area (Å²) in [6.07, 6.45) is 5.37. The van der Waals surface area contributed by atoms with Crippen LogP contribution in [0.2, 0.25) is 5.02 Å². The summed E-state index contributed by atoms with van der Waals surface area (Å²) >= 11 is 9.25. The molecule has 5 amide bonds. The highest BCUT2D eigenvalue weighted by molar-refractivity contribution is 7.99. The van der Waals surface area contributed by atoms with Crippen LogP contribution in [0.5, 0.6) is 0 Å². The fraction of sp³-hybridized carbons (Fsp3) is 0.506. The number of alkyl halides is 5. The van der Waals surface area contributed by atoms with Crippen LogP contribution in [0.15, 0.2) is 147 Å². The standard InChI is InChI=1S/C81H101ClF5N11O10S4/c1-54(56-18-20-58(21-19-56)73-55(2)88-53-110-73)89-76(103)69-44-64(99)48-98(69)77(104)74(78(3,4)5)91-71(100)16-12-7-8-13-17-72(101)97-42-38-94(39-43-97)50-79(6)34-32-67(57-22-26-61(82)27-23-57)60(46-79)47-93-36-40-96(41-37-93)63-28-24-59(25-29-63)75(102)92-112(107,108)66-30-31-68(70(45-66)111(105,106)81(85,86)87)90-62(33-35-95-51-80(83,84)52-95)49-109-65-14-10-9-11-15-65/h9-11,14-15,18-31,45,53-54,62,64,69,74,90,99H,7-8,12-13,16-17,32-44,46-52H2,1-6H3,(H,89,103)(H,91,100)(H,92,102)/t54-,62+,64+,69-,74+,79+/m0/s1. The molecule has 1 aliphatic carbocycles. The number of anilines is 2. The van der Waals surface area contributed by atoms with Crippen LogP contribution in [0, 0.1) is 17.8 Å². The van der Waals surface area contributed by atoms with Crippen molar-refractivity contribution in [1.29, 1.82) is 0 Å². The number of sulfone groups is 1. The van der Waals surface area contributed by atoms with Crippen molar-refractivity contribution in [1.82, 2.24) is 44.8 Å². The van der Waals surface area contributed by atoms with Gasteiger partial charge in [-0.2, -0.15) is 13.2 Å². The number of nitrogens with one attached hydrogen (secondary N) is 4. The maximum atomic E-state index is 14.3. The van der Waals surface area contributed by atoms with E-state index in [2.05, 4.69) is 54.7 Å². The number of aliphatic hydroxyl groups is 1. The number of amides is 5. The van der Waals surface area contributed by atoms with Gasteiger partial charge in [-0.1, -0.05) is 112 Å². The number of hydrogen-bond donors (Lipinski definition) is 5. The molecule has 0 unspecified atom stereocenters. The first-order valence-corrected chi connectivity index (χ1v) is 43.4. The Morgan fingerprint density at radius 2 is 1.43 bits per heavy atom. The summed E-state index contributed by atoms with van der Waals surface area (Å²) in [5.74, 6) is -4.76. The highest BCUT2D eigenvalue weighted by atomic mass is 35.5. The van der Waals surface area contributed by atoms with E-state index >= 15 is 0 Å². The number of likely N-dealkylation sites (tertiary alicyclic amines) is 2. The minimum Gasteiger partial charge on any atom is -0.391 e. The molecule has 6 aromatic rings. The number of thioether (sulfide) groups is 1. The molecule has 6 atom stereocenters. The lowest BCUT2D eigenvalue weighted by atomic mass is 9.71. The Labute approximate surface area is 666 Å². The van der Waals surface area contributed by atoms with Crippen LogP contribution in [0.25, 0.3) is 16.0 Å². The number of β-amino-alcohol motifs (C(OH)–C–C–N with tert-alkyl or cyclic N) is 1. The molecular weight excluding hydrogens is 1550 g/mol. The van der Waals surface area contributed by atoms with Gasteiger partial charge < -0.3 is 35.8 Å². The van der Waals surface area contributed by atoms with Crippen molar-refractivity contribution in [2.75, 3.05) is 108 Å². The first kappa shape index (κ1) is 85.3. The molecule has 31 heteroatoms. The van der Waals surface area contributed by atoms with Crippen LogP contribution in [0.1, 0.15) is 138 Å². The number of halogens is 6. The van der Waals surface area contributed by atoms with E-state index in [-0.39, 0.29) is 72.8 Å². The zero-order valence-corrected chi connectivity index (χ0v) is 68.1. The average molecular weight is 1650 g/mol. The number of benzene rings is 5. The molecular formula is C81H101ClF5N11O10S4. The van der Waals surface area contributed by atoms with Crippen molar-refractivity contribution in [3.05, 3.63) is 160 Å². The van der Waals surface area contributed by atoms with Crippen molar-refractivity contribution in [2.24, 2.45) is 10.8 Å². The van der Waals surface area contributed by atoms with Gasteiger partial charge >= 0.3 is 5.51 Å². The lowest BCUT2D eigenvalue weighted by Crippen LogP contribution is -2.57. The highest BCUT2D eigenvalue weighted by Crippen LogP contribution is 2.45. The summed E-state index contributed by atoms with van der Waals surface area (Å²) in [5.41, 5.74) is 2.01. The molecule has 4 saturated heterocycles. The third-order valence-electron chi connectivity index (χ3n) is 21.8. The summed E-state index contributed by atoms with van der Waals surface area (Å²) in [4.78, 5) is 84.6. The molecule has 0 bridgehead atoms. The maximum absolute atomic E-state index is 14.3. The van der Waals surface area contributed by atoms with Crippen LogP contribution in [0.4, 0.5) is 33.3 Å². The molecule has 112 heavy (non-hydrogen) atoms. The molecule has 5 aromatic carbocycles. The average Bonchev–Trinajstić information content (AvgIpc) is 1.07. The number of nitrogens with zero attached hydrogens (tertiary/aromatic N) is 7. The Balaban J connectivity index is 0.619. The van der Waals surface area contributed by atoms with Gasteiger partial charge in [0.1, 0.15) is 17.0 Å². The number of sulfonamides is 1. The fourth-order valence-electron chi connectivity index (χ4n) is 15.5. The zero-order valence-electron chi connectivity index (χ0n) is 64.0. The molecule has 0 radical (unpaired) electrons. The number of carbonyl (C=O) groups is 5. The van der Waals surface area contributed by atoms with Crippen LogP contribution in [-0.4, -0.2) is 214 Å². The number of rotatable bonds is 31. The first-order chi connectivity index (χ1) is 53.0. The van der Waals surface area contributed by atoms with Gasteiger partial charge in [0, 0.05) is 131 Å². The number of carbonyl (C=O) groups excluding carboxylic acids is 5. The lowest BCUT2D eigenvalue weighted by molar-refractivity contribution is -0.144. The molecule has 0 spiro atoms. The second kappa shape index (κ2) is 36.5. The molecule has 5 heterocycles. The molecule has 5 N–H and O–H groups in total. The zero-order chi connectivity index (χ0) is 80.5. The van der Waals surface area contributed by atoms with E-state index in [1.807, 2.05) is 86.1 Å². The summed E-state index contributed by atoms with van der Waals surface area (Å²) in [7, 11) is -11.2. The largest absolute Gasteiger partial charge is 0.501 e. The Hall–Kier alpha value is -7.55. The summed E-state index contributed by atoms with van der Waals surface area (Å²) in [6.45, 7) is 17.9. The fourth-order valence-corrected chi connectivity index (χ4v) is 19.4. The summed E-state index contributed by atoms with van der Waals surface area (Å²) < 4.78 is 126. The molecule has 1 aromatic heterocycles. The smallest absolute Gasteiger partial charge is 0.391 e. The Morgan fingerprint density at radius 3 is 2.06 bits per heavy atom. The van der Waals surface area contributed by atoms with Gasteiger partial charge in [-0.15, -0.1) is 23.1 Å². The van der Waals surface area contributed by atoms with Crippen LogP contribution < -0.4 is 25.6 Å². The van der Waals surface area contributed by atoms with E-state index in [0.29, 0.717) is 69.6 Å². The molecule has 0 saturated carbocycles. The number of aliphatic hydroxyl groups excluding tert-OH is 1. The van der Waals surface area contributed by atoms with Crippen LogP contribution >= 0.6 is 34.7 Å². The summed E-state index contributed by atoms with van der Waals surface area (Å²) in [6, 6.07) is 30.2. The molecule has 4 aliphatic heterocycles. The van der Waals surface area contributed by atoms with Gasteiger partial charge in [-0.3, -0.25) is 38.7 Å². The number of unbranched alkanes of at least 4 members (excludes halogenated alkanes) is 3. The molecule has 21 nitrogen and oxygen atoms in total. The second-order valence-corrected chi connectivity index (χ2v) is 37.7. The van der Waals surface area contributed by atoms with E-state index in [0.717, 1.165) is 108 Å². The number of hydrogen-bond acceptors (Lipinski definition) is 18. The number of allylic oxidation sites excluding steroid dienone is 1. The normalized spacial score (nSPS) is 20.4. The van der Waals surface area contributed by atoms with Crippen LogP contribution in [-0.2, 0) is 39.0 Å². The topological polar surface area (TPSA) is 254 Å². The number of piperazine rings is 2. The van der Waals surface area contributed by atoms with Crippen LogP contribution in [0.3, 0.4) is 0 Å². The Bertz CT molecular complexity index is 4550. The predicted molar refractivity (Wildman–Crippen MR) is 427 cm³/mol. The SMILES string of the molecule is Cc1ncsc1-c1ccc([C@H](C)NC(=O)[C@@H]2C[C@@H](O)CN2C(=O)[C@@H](NC(=O)CCCCCCC(=O)N2CCN(C[C@]3(C)CCC(c4ccc(Cl)cc4)=C(CN4CCN(c5ccc(C(=O)NS(=O)(=O)c6ccc(N[C@H](CCN7CC(F)(F)C7)CSc7ccccc7)c(S(=O)(=O)C(F)(F)F)c6)cc5)CC4)C3)CC2)C(C)(C)C)cc1. The second-order valence-electron chi connectivity index (χ2n) is 31.7. The van der Waals surface area contributed by atoms with Gasteiger partial charge in [0.05, 0.1) is 51.9 Å². The Morgan fingerprint density at radius 1 is 0.777 bits per heavy atom. The van der Waals surface area contributed by atoms with Crippen molar-refractivity contribution in [3.8, 4) is 10.4 Å². The van der Waals surface area contributed by atoms with E-state index in [4.69, 9.17) is 11.6 Å². The number of thiazole rings is 1. The van der Waals surface area contributed by atoms with E-state index < -0.39 is 101 Å². The van der Waals surface area contributed by atoms with E-state index in [1.165, 1.54) is 44.8 Å². The quantitative estimate of drug-likeness (QED) is 0.0154. The van der Waals surface area contributed by atoms with Gasteiger partial charge in [0.2, 0.25) is 23.6 Å². The van der Waals surface area contributed by atoms with Crippen molar-refractivity contribution < 1.29 is 67.9 Å². The van der Waals surface area contributed by atoms with Crippen molar-refractivity contribution in [2.45, 2.75) is 169 Å². The van der Waals surface area contributed by atoms with E-state index in [9.17, 15) is 67.9 Å². The molecule has 5 aliphatic rings. The summed E-state index contributed by atoms with van der Waals surface area (Å²) in [5, 5.41) is 20.3. The minimum absolute atomic E-state index is 0.0262. The Kier molecular flexibility index (Phi) is 27.8. The third kappa shape index (κ3) is 22.1. The van der Waals surface area contributed by atoms with Gasteiger partial charge in [-0.05, 0) is 152 Å². The first-order valence-electron chi connectivity index (χ1n) is 38.2. The predicted octanol–water partition coefficient (Wildman–Crippen LogP) is 12.7.